The first-order valence-electron chi connectivity index (χ1n) is 6.79. The molecule has 0 radical (unpaired) electrons. The summed E-state index contributed by atoms with van der Waals surface area (Å²) in [5, 5.41) is 10.9. The van der Waals surface area contributed by atoms with Gasteiger partial charge in [0.2, 0.25) is 11.8 Å². The first-order valence-corrected chi connectivity index (χ1v) is 6.79. The molecule has 2 aliphatic rings. The molecule has 2 atom stereocenters. The number of rotatable bonds is 2. The van der Waals surface area contributed by atoms with E-state index < -0.39 is 5.97 Å². The van der Waals surface area contributed by atoms with Crippen molar-refractivity contribution in [2.75, 3.05) is 4.90 Å². The second-order valence-electron chi connectivity index (χ2n) is 5.35. The molecule has 2 fully saturated rings. The average molecular weight is 272 g/mol. The van der Waals surface area contributed by atoms with Gasteiger partial charge in [0, 0.05) is 0 Å². The standard InChI is InChI=1S/C15H15NO4/c17-13-11-6-1-2-7-12(11)14(18)16(13)10-5-3-4-9(8-10)15(19)20/h3-5,8,11-12H,1-2,6-7H2,(H,19,20)/p-1/t11-,12+. The fraction of sp³-hybridized carbons (Fsp3) is 0.400. The molecule has 0 aromatic heterocycles. The van der Waals surface area contributed by atoms with Gasteiger partial charge < -0.3 is 9.90 Å². The maximum Gasteiger partial charge on any atom is 0.237 e. The number of carboxylic acids is 1. The molecule has 3 rings (SSSR count). The topological polar surface area (TPSA) is 77.5 Å². The van der Waals surface area contributed by atoms with Gasteiger partial charge in [-0.05, 0) is 30.5 Å². The zero-order valence-corrected chi connectivity index (χ0v) is 10.9. The summed E-state index contributed by atoms with van der Waals surface area (Å²) in [7, 11) is 0. The molecule has 104 valence electrons. The van der Waals surface area contributed by atoms with E-state index in [9.17, 15) is 19.5 Å². The van der Waals surface area contributed by atoms with Crippen LogP contribution in [0.25, 0.3) is 0 Å². The van der Waals surface area contributed by atoms with E-state index in [2.05, 4.69) is 0 Å². The van der Waals surface area contributed by atoms with Gasteiger partial charge >= 0.3 is 0 Å². The lowest BCUT2D eigenvalue weighted by Gasteiger charge is -2.19. The summed E-state index contributed by atoms with van der Waals surface area (Å²) >= 11 is 0. The van der Waals surface area contributed by atoms with Crippen LogP contribution in [-0.4, -0.2) is 17.8 Å². The Kier molecular flexibility index (Phi) is 3.04. The second-order valence-corrected chi connectivity index (χ2v) is 5.35. The number of aromatic carboxylic acids is 1. The van der Waals surface area contributed by atoms with Gasteiger partial charge in [0.15, 0.2) is 0 Å². The quantitative estimate of drug-likeness (QED) is 0.744. The minimum Gasteiger partial charge on any atom is -0.545 e. The van der Waals surface area contributed by atoms with Crippen LogP contribution in [0.3, 0.4) is 0 Å². The number of anilines is 1. The molecule has 0 bridgehead atoms. The molecule has 1 aromatic carbocycles. The van der Waals surface area contributed by atoms with Crippen LogP contribution in [0.4, 0.5) is 5.69 Å². The molecule has 1 aliphatic carbocycles. The van der Waals surface area contributed by atoms with Crippen LogP contribution in [-0.2, 0) is 9.59 Å². The lowest BCUT2D eigenvalue weighted by molar-refractivity contribution is -0.255. The Labute approximate surface area is 116 Å². The largest absolute Gasteiger partial charge is 0.545 e. The fourth-order valence-electron chi connectivity index (χ4n) is 3.19. The second kappa shape index (κ2) is 4.74. The summed E-state index contributed by atoms with van der Waals surface area (Å²) in [6.07, 6.45) is 3.41. The molecule has 2 amide bonds. The number of hydrogen-bond donors (Lipinski definition) is 0. The fourth-order valence-corrected chi connectivity index (χ4v) is 3.19. The molecule has 20 heavy (non-hydrogen) atoms. The number of carbonyl (C=O) groups excluding carboxylic acids is 3. The zero-order valence-electron chi connectivity index (χ0n) is 10.9. The summed E-state index contributed by atoms with van der Waals surface area (Å²) in [5.41, 5.74) is 0.300. The Morgan fingerprint density at radius 1 is 1.10 bits per heavy atom. The molecule has 1 aromatic rings. The van der Waals surface area contributed by atoms with E-state index in [0.717, 1.165) is 30.6 Å². The molecular formula is C15H14NO4-. The number of hydrogen-bond acceptors (Lipinski definition) is 4. The highest BCUT2D eigenvalue weighted by atomic mass is 16.4. The Morgan fingerprint density at radius 3 is 2.25 bits per heavy atom. The van der Waals surface area contributed by atoms with Crippen molar-refractivity contribution < 1.29 is 19.5 Å². The van der Waals surface area contributed by atoms with Crippen LogP contribution < -0.4 is 10.0 Å². The van der Waals surface area contributed by atoms with E-state index in [-0.39, 0.29) is 29.2 Å². The van der Waals surface area contributed by atoms with Gasteiger partial charge in [0.1, 0.15) is 0 Å². The number of carboxylic acid groups (broad SMARTS) is 1. The van der Waals surface area contributed by atoms with Crippen molar-refractivity contribution in [3.63, 3.8) is 0 Å². The molecule has 1 saturated carbocycles. The number of imide groups is 1. The third kappa shape index (κ3) is 1.90. The smallest absolute Gasteiger partial charge is 0.237 e. The maximum atomic E-state index is 12.4. The monoisotopic (exact) mass is 272 g/mol. The Hall–Kier alpha value is -2.17. The molecule has 5 heteroatoms. The predicted octanol–water partition coefficient (Wildman–Crippen LogP) is 0.730. The summed E-state index contributed by atoms with van der Waals surface area (Å²) in [6.45, 7) is 0. The van der Waals surface area contributed by atoms with Gasteiger partial charge in [-0.15, -0.1) is 0 Å². The normalized spacial score (nSPS) is 25.7. The van der Waals surface area contributed by atoms with E-state index in [1.54, 1.807) is 6.07 Å². The Bertz CT molecular complexity index is 571. The van der Waals surface area contributed by atoms with Crippen molar-refractivity contribution in [3.05, 3.63) is 29.8 Å². The molecule has 1 saturated heterocycles. The molecule has 5 nitrogen and oxygen atoms in total. The number of benzene rings is 1. The van der Waals surface area contributed by atoms with Crippen molar-refractivity contribution in [2.45, 2.75) is 25.7 Å². The van der Waals surface area contributed by atoms with Gasteiger partial charge in [0.25, 0.3) is 0 Å². The lowest BCUT2D eigenvalue weighted by atomic mass is 9.81. The van der Waals surface area contributed by atoms with Gasteiger partial charge in [-0.25, -0.2) is 0 Å². The minimum absolute atomic E-state index is 0.0297. The highest BCUT2D eigenvalue weighted by Gasteiger charge is 2.48. The van der Waals surface area contributed by atoms with Gasteiger partial charge in [0.05, 0.1) is 23.5 Å². The predicted molar refractivity (Wildman–Crippen MR) is 68.7 cm³/mol. The molecule has 0 unspecified atom stereocenters. The number of amides is 2. The molecule has 1 aliphatic heterocycles. The van der Waals surface area contributed by atoms with E-state index in [4.69, 9.17) is 0 Å². The van der Waals surface area contributed by atoms with Gasteiger partial charge in [-0.1, -0.05) is 25.0 Å². The third-order valence-corrected chi connectivity index (χ3v) is 4.18. The zero-order chi connectivity index (χ0) is 14.3. The lowest BCUT2D eigenvalue weighted by Crippen LogP contribution is -2.31. The Balaban J connectivity index is 1.97. The van der Waals surface area contributed by atoms with Crippen LogP contribution in [0.15, 0.2) is 24.3 Å². The van der Waals surface area contributed by atoms with E-state index in [1.807, 2.05) is 0 Å². The summed E-state index contributed by atoms with van der Waals surface area (Å²) < 4.78 is 0. The third-order valence-electron chi connectivity index (χ3n) is 4.18. The van der Waals surface area contributed by atoms with Crippen molar-refractivity contribution in [1.82, 2.24) is 0 Å². The summed E-state index contributed by atoms with van der Waals surface area (Å²) in [4.78, 5) is 36.8. The van der Waals surface area contributed by atoms with Crippen molar-refractivity contribution in [1.29, 1.82) is 0 Å². The summed E-state index contributed by atoms with van der Waals surface area (Å²) in [5.74, 6) is -2.18. The average Bonchev–Trinajstić information content (AvgIpc) is 2.72. The van der Waals surface area contributed by atoms with Crippen molar-refractivity contribution in [2.24, 2.45) is 11.8 Å². The number of fused-ring (bicyclic) bond motifs is 1. The molecule has 0 spiro atoms. The van der Waals surface area contributed by atoms with Gasteiger partial charge in [-0.3, -0.25) is 14.5 Å². The minimum atomic E-state index is -1.32. The highest BCUT2D eigenvalue weighted by molar-refractivity contribution is 6.22. The molecule has 1 heterocycles. The van der Waals surface area contributed by atoms with Crippen LogP contribution in [0.2, 0.25) is 0 Å². The first kappa shape index (κ1) is 12.8. The highest BCUT2D eigenvalue weighted by Crippen LogP contribution is 2.40. The van der Waals surface area contributed by atoms with Gasteiger partial charge in [-0.2, -0.15) is 0 Å². The van der Waals surface area contributed by atoms with E-state index in [1.165, 1.54) is 18.2 Å². The van der Waals surface area contributed by atoms with Crippen LogP contribution in [0.1, 0.15) is 36.0 Å². The Morgan fingerprint density at radius 2 is 1.70 bits per heavy atom. The van der Waals surface area contributed by atoms with Crippen LogP contribution >= 0.6 is 0 Å². The maximum absolute atomic E-state index is 12.4. The number of carbonyl (C=O) groups is 3. The molecular weight excluding hydrogens is 258 g/mol. The first-order chi connectivity index (χ1) is 9.59. The van der Waals surface area contributed by atoms with Crippen molar-refractivity contribution in [3.8, 4) is 0 Å². The van der Waals surface area contributed by atoms with E-state index in [0.29, 0.717) is 5.69 Å². The van der Waals surface area contributed by atoms with Crippen molar-refractivity contribution >= 4 is 23.5 Å². The van der Waals surface area contributed by atoms with Crippen LogP contribution in [0.5, 0.6) is 0 Å². The SMILES string of the molecule is O=C([O-])c1cccc(N2C(=O)[C@H]3CCCC[C@H]3C2=O)c1. The summed E-state index contributed by atoms with van der Waals surface area (Å²) in [6, 6.07) is 5.81. The van der Waals surface area contributed by atoms with E-state index >= 15 is 0 Å². The van der Waals surface area contributed by atoms with Crippen LogP contribution in [0, 0.1) is 11.8 Å². The molecule has 0 N–H and O–H groups in total. The number of nitrogens with zero attached hydrogens (tertiary/aromatic N) is 1.